The molecule has 2 rings (SSSR count). The monoisotopic (exact) mass is 278 g/mol. The fourth-order valence-corrected chi connectivity index (χ4v) is 2.66. The van der Waals surface area contributed by atoms with Gasteiger partial charge in [0.2, 0.25) is 0 Å². The van der Waals surface area contributed by atoms with Gasteiger partial charge in [-0.25, -0.2) is 9.97 Å². The summed E-state index contributed by atoms with van der Waals surface area (Å²) in [6.07, 6.45) is 4.58. The highest BCUT2D eigenvalue weighted by atomic mass is 16.5. The fourth-order valence-electron chi connectivity index (χ4n) is 2.66. The molecule has 1 aromatic rings. The molecule has 1 aromatic heterocycles. The molecule has 2 unspecified atom stereocenters. The summed E-state index contributed by atoms with van der Waals surface area (Å²) in [5.41, 5.74) is 0. The molecule has 5 heteroatoms. The van der Waals surface area contributed by atoms with Gasteiger partial charge in [-0.05, 0) is 19.3 Å². The number of nitrogens with zero attached hydrogens (tertiary/aromatic N) is 2. The topological polar surface area (TPSA) is 59.1 Å². The summed E-state index contributed by atoms with van der Waals surface area (Å²) in [6.45, 7) is 6.14. The lowest BCUT2D eigenvalue weighted by Crippen LogP contribution is -2.23. The second-order valence-corrected chi connectivity index (χ2v) is 5.30. The average Bonchev–Trinajstić information content (AvgIpc) is 2.92. The summed E-state index contributed by atoms with van der Waals surface area (Å²) in [7, 11) is 1.89. The number of hydrogen-bond donors (Lipinski definition) is 2. The Balaban J connectivity index is 1.99. The molecule has 112 valence electrons. The maximum Gasteiger partial charge on any atom is 0.133 e. The molecule has 1 aliphatic heterocycles. The summed E-state index contributed by atoms with van der Waals surface area (Å²) < 4.78 is 5.73. The van der Waals surface area contributed by atoms with E-state index in [4.69, 9.17) is 4.74 Å². The molecule has 2 heterocycles. The Bertz CT molecular complexity index is 424. The van der Waals surface area contributed by atoms with Crippen molar-refractivity contribution < 1.29 is 4.74 Å². The predicted octanol–water partition coefficient (Wildman–Crippen LogP) is 2.70. The van der Waals surface area contributed by atoms with Gasteiger partial charge < -0.3 is 15.4 Å². The first-order valence-electron chi connectivity index (χ1n) is 7.68. The van der Waals surface area contributed by atoms with Crippen LogP contribution >= 0.6 is 0 Å². The van der Waals surface area contributed by atoms with E-state index in [1.165, 1.54) is 0 Å². The zero-order chi connectivity index (χ0) is 14.4. The minimum atomic E-state index is 0.392. The van der Waals surface area contributed by atoms with Crippen LogP contribution in [-0.4, -0.2) is 36.3 Å². The minimum absolute atomic E-state index is 0.392. The Morgan fingerprint density at radius 2 is 2.10 bits per heavy atom. The second kappa shape index (κ2) is 7.43. The number of aryl methyl sites for hydroxylation is 1. The van der Waals surface area contributed by atoms with Crippen LogP contribution in [-0.2, 0) is 11.2 Å². The van der Waals surface area contributed by atoms with Gasteiger partial charge in [-0.2, -0.15) is 0 Å². The van der Waals surface area contributed by atoms with Gasteiger partial charge in [0.15, 0.2) is 0 Å². The normalized spacial score (nSPS) is 21.9. The van der Waals surface area contributed by atoms with Crippen molar-refractivity contribution >= 4 is 11.6 Å². The summed E-state index contributed by atoms with van der Waals surface area (Å²) in [5, 5.41) is 6.55. The lowest BCUT2D eigenvalue weighted by molar-refractivity contribution is 0.0900. The molecule has 2 atom stereocenters. The van der Waals surface area contributed by atoms with Gasteiger partial charge in [-0.3, -0.25) is 0 Å². The van der Waals surface area contributed by atoms with Crippen LogP contribution in [0.1, 0.15) is 38.9 Å². The van der Waals surface area contributed by atoms with Crippen molar-refractivity contribution in [1.82, 2.24) is 9.97 Å². The van der Waals surface area contributed by atoms with Crippen LogP contribution in [0.15, 0.2) is 6.07 Å². The SMILES string of the molecule is CCCc1nc(NC)cc(NCC2CCOC2CC)n1. The van der Waals surface area contributed by atoms with Crippen LogP contribution < -0.4 is 10.6 Å². The van der Waals surface area contributed by atoms with Crippen LogP contribution in [0.2, 0.25) is 0 Å². The van der Waals surface area contributed by atoms with Crippen molar-refractivity contribution in [2.45, 2.75) is 45.6 Å². The van der Waals surface area contributed by atoms with Crippen molar-refractivity contribution in [2.75, 3.05) is 30.8 Å². The molecule has 0 amide bonds. The molecular weight excluding hydrogens is 252 g/mol. The Morgan fingerprint density at radius 3 is 2.80 bits per heavy atom. The first kappa shape index (κ1) is 15.0. The summed E-state index contributed by atoms with van der Waals surface area (Å²) >= 11 is 0. The van der Waals surface area contributed by atoms with Crippen molar-refractivity contribution in [1.29, 1.82) is 0 Å². The van der Waals surface area contributed by atoms with E-state index in [1.54, 1.807) is 0 Å². The maximum absolute atomic E-state index is 5.73. The quantitative estimate of drug-likeness (QED) is 0.803. The third-order valence-corrected chi connectivity index (χ3v) is 3.80. The maximum atomic E-state index is 5.73. The minimum Gasteiger partial charge on any atom is -0.378 e. The fraction of sp³-hybridized carbons (Fsp3) is 0.733. The van der Waals surface area contributed by atoms with Gasteiger partial charge >= 0.3 is 0 Å². The number of rotatable bonds is 7. The molecule has 1 fully saturated rings. The van der Waals surface area contributed by atoms with Gasteiger partial charge in [0.1, 0.15) is 17.5 Å². The summed E-state index contributed by atoms with van der Waals surface area (Å²) in [6, 6.07) is 1.97. The van der Waals surface area contributed by atoms with Gasteiger partial charge in [0, 0.05) is 38.6 Å². The van der Waals surface area contributed by atoms with Crippen molar-refractivity contribution in [3.05, 3.63) is 11.9 Å². The van der Waals surface area contributed by atoms with Crippen LogP contribution in [0.4, 0.5) is 11.6 Å². The smallest absolute Gasteiger partial charge is 0.133 e. The molecule has 0 saturated carbocycles. The van der Waals surface area contributed by atoms with Gasteiger partial charge in [-0.1, -0.05) is 13.8 Å². The number of hydrogen-bond acceptors (Lipinski definition) is 5. The zero-order valence-electron chi connectivity index (χ0n) is 12.8. The number of aromatic nitrogens is 2. The van der Waals surface area contributed by atoms with Crippen molar-refractivity contribution in [2.24, 2.45) is 5.92 Å². The molecule has 0 spiro atoms. The average molecular weight is 278 g/mol. The molecule has 0 aromatic carbocycles. The highest BCUT2D eigenvalue weighted by Gasteiger charge is 2.26. The first-order chi connectivity index (χ1) is 9.76. The highest BCUT2D eigenvalue weighted by Crippen LogP contribution is 2.24. The number of anilines is 2. The van der Waals surface area contributed by atoms with Crippen molar-refractivity contribution in [3.8, 4) is 0 Å². The van der Waals surface area contributed by atoms with E-state index in [0.29, 0.717) is 12.0 Å². The molecule has 2 N–H and O–H groups in total. The van der Waals surface area contributed by atoms with Gasteiger partial charge in [0.05, 0.1) is 6.10 Å². The molecule has 1 saturated heterocycles. The van der Waals surface area contributed by atoms with Crippen LogP contribution in [0.5, 0.6) is 0 Å². The van der Waals surface area contributed by atoms with Crippen LogP contribution in [0.25, 0.3) is 0 Å². The lowest BCUT2D eigenvalue weighted by Gasteiger charge is -2.18. The van der Waals surface area contributed by atoms with Gasteiger partial charge in [-0.15, -0.1) is 0 Å². The number of nitrogens with one attached hydrogen (secondary N) is 2. The molecule has 20 heavy (non-hydrogen) atoms. The van der Waals surface area contributed by atoms with Gasteiger partial charge in [0.25, 0.3) is 0 Å². The Hall–Kier alpha value is -1.36. The Labute approximate surface area is 121 Å². The molecular formula is C15H26N4O. The van der Waals surface area contributed by atoms with Crippen LogP contribution in [0.3, 0.4) is 0 Å². The van der Waals surface area contributed by atoms with E-state index in [1.807, 2.05) is 13.1 Å². The van der Waals surface area contributed by atoms with E-state index < -0.39 is 0 Å². The zero-order valence-corrected chi connectivity index (χ0v) is 12.8. The second-order valence-electron chi connectivity index (χ2n) is 5.30. The van der Waals surface area contributed by atoms with E-state index >= 15 is 0 Å². The molecule has 5 nitrogen and oxygen atoms in total. The van der Waals surface area contributed by atoms with Crippen LogP contribution in [0, 0.1) is 5.92 Å². The largest absolute Gasteiger partial charge is 0.378 e. The molecule has 0 radical (unpaired) electrons. The van der Waals surface area contributed by atoms with E-state index in [-0.39, 0.29) is 0 Å². The Morgan fingerprint density at radius 1 is 1.30 bits per heavy atom. The first-order valence-corrected chi connectivity index (χ1v) is 7.68. The van der Waals surface area contributed by atoms with E-state index in [9.17, 15) is 0 Å². The predicted molar refractivity (Wildman–Crippen MR) is 82.2 cm³/mol. The van der Waals surface area contributed by atoms with E-state index in [2.05, 4.69) is 34.4 Å². The number of ether oxygens (including phenoxy) is 1. The van der Waals surface area contributed by atoms with Crippen molar-refractivity contribution in [3.63, 3.8) is 0 Å². The third kappa shape index (κ3) is 3.82. The molecule has 0 bridgehead atoms. The standard InChI is InChI=1S/C15H26N4O/c1-4-6-13-18-14(16-3)9-15(19-13)17-10-11-7-8-20-12(11)5-2/h9,11-12H,4-8,10H2,1-3H3,(H2,16,17,18,19). The lowest BCUT2D eigenvalue weighted by atomic mass is 10.00. The summed E-state index contributed by atoms with van der Waals surface area (Å²) in [4.78, 5) is 9.05. The molecule has 0 aliphatic carbocycles. The summed E-state index contributed by atoms with van der Waals surface area (Å²) in [5.74, 6) is 3.27. The third-order valence-electron chi connectivity index (χ3n) is 3.80. The molecule has 1 aliphatic rings. The van der Waals surface area contributed by atoms with E-state index in [0.717, 1.165) is 56.3 Å². The highest BCUT2D eigenvalue weighted by molar-refractivity contribution is 5.47. The Kier molecular flexibility index (Phi) is 5.59.